The SMILES string of the molecule is CC(C)(O)CCNc1ccc2[nH]ccc2c1. The van der Waals surface area contributed by atoms with Gasteiger partial charge in [-0.15, -0.1) is 0 Å². The quantitative estimate of drug-likeness (QED) is 0.739. The van der Waals surface area contributed by atoms with Gasteiger partial charge in [-0.2, -0.15) is 0 Å². The average Bonchev–Trinajstić information content (AvgIpc) is 2.62. The lowest BCUT2D eigenvalue weighted by atomic mass is 10.1. The van der Waals surface area contributed by atoms with E-state index in [-0.39, 0.29) is 0 Å². The van der Waals surface area contributed by atoms with E-state index in [2.05, 4.69) is 28.5 Å². The van der Waals surface area contributed by atoms with E-state index in [1.54, 1.807) is 0 Å². The Hall–Kier alpha value is -1.48. The summed E-state index contributed by atoms with van der Waals surface area (Å²) in [6, 6.07) is 8.26. The summed E-state index contributed by atoms with van der Waals surface area (Å²) in [7, 11) is 0. The fourth-order valence-electron chi connectivity index (χ4n) is 1.68. The van der Waals surface area contributed by atoms with Gasteiger partial charge in [0.15, 0.2) is 0 Å². The van der Waals surface area contributed by atoms with E-state index in [0.717, 1.165) is 24.2 Å². The number of hydrogen-bond acceptors (Lipinski definition) is 2. The van der Waals surface area contributed by atoms with E-state index < -0.39 is 5.60 Å². The summed E-state index contributed by atoms with van der Waals surface area (Å²) < 4.78 is 0. The lowest BCUT2D eigenvalue weighted by molar-refractivity contribution is 0.0749. The monoisotopic (exact) mass is 218 g/mol. The van der Waals surface area contributed by atoms with Crippen LogP contribution >= 0.6 is 0 Å². The van der Waals surface area contributed by atoms with Gasteiger partial charge in [-0.3, -0.25) is 0 Å². The van der Waals surface area contributed by atoms with E-state index >= 15 is 0 Å². The molecule has 0 bridgehead atoms. The number of H-pyrrole nitrogens is 1. The third kappa shape index (κ3) is 2.76. The fraction of sp³-hybridized carbons (Fsp3) is 0.385. The average molecular weight is 218 g/mol. The minimum Gasteiger partial charge on any atom is -0.390 e. The van der Waals surface area contributed by atoms with Crippen molar-refractivity contribution in [1.29, 1.82) is 0 Å². The number of hydrogen-bond donors (Lipinski definition) is 3. The van der Waals surface area contributed by atoms with Crippen LogP contribution in [0, 0.1) is 0 Å². The van der Waals surface area contributed by atoms with Crippen molar-refractivity contribution in [2.45, 2.75) is 25.9 Å². The van der Waals surface area contributed by atoms with Crippen molar-refractivity contribution in [2.75, 3.05) is 11.9 Å². The van der Waals surface area contributed by atoms with Crippen molar-refractivity contribution in [1.82, 2.24) is 4.98 Å². The molecule has 2 rings (SSSR count). The molecule has 16 heavy (non-hydrogen) atoms. The largest absolute Gasteiger partial charge is 0.390 e. The van der Waals surface area contributed by atoms with Crippen LogP contribution in [0.15, 0.2) is 30.5 Å². The smallest absolute Gasteiger partial charge is 0.0608 e. The lowest BCUT2D eigenvalue weighted by Gasteiger charge is -2.17. The van der Waals surface area contributed by atoms with Gasteiger partial charge in [-0.1, -0.05) is 0 Å². The highest BCUT2D eigenvalue weighted by Crippen LogP contribution is 2.18. The second-order valence-corrected chi connectivity index (χ2v) is 4.77. The van der Waals surface area contributed by atoms with Crippen molar-refractivity contribution in [3.63, 3.8) is 0 Å². The summed E-state index contributed by atoms with van der Waals surface area (Å²) >= 11 is 0. The van der Waals surface area contributed by atoms with E-state index in [0.29, 0.717) is 0 Å². The molecule has 1 heterocycles. The van der Waals surface area contributed by atoms with Gasteiger partial charge < -0.3 is 15.4 Å². The number of nitrogens with one attached hydrogen (secondary N) is 2. The van der Waals surface area contributed by atoms with Crippen molar-refractivity contribution in [2.24, 2.45) is 0 Å². The van der Waals surface area contributed by atoms with Crippen LogP contribution in [0.3, 0.4) is 0 Å². The maximum Gasteiger partial charge on any atom is 0.0608 e. The summed E-state index contributed by atoms with van der Waals surface area (Å²) in [5.74, 6) is 0. The van der Waals surface area contributed by atoms with Gasteiger partial charge >= 0.3 is 0 Å². The van der Waals surface area contributed by atoms with Crippen LogP contribution in [0.2, 0.25) is 0 Å². The number of fused-ring (bicyclic) bond motifs is 1. The molecule has 0 fully saturated rings. The standard InChI is InChI=1S/C13H18N2O/c1-13(2,16)6-8-14-11-3-4-12-10(9-11)5-7-15-12/h3-5,7,9,14-16H,6,8H2,1-2H3. The molecule has 0 aliphatic carbocycles. The zero-order valence-electron chi connectivity index (χ0n) is 9.75. The maximum absolute atomic E-state index is 9.59. The first-order chi connectivity index (χ1) is 7.54. The molecule has 0 atom stereocenters. The van der Waals surface area contributed by atoms with Gasteiger partial charge in [0.1, 0.15) is 0 Å². The van der Waals surface area contributed by atoms with Gasteiger partial charge in [0.2, 0.25) is 0 Å². The molecule has 3 N–H and O–H groups in total. The molecule has 0 saturated heterocycles. The van der Waals surface area contributed by atoms with Crippen LogP contribution < -0.4 is 5.32 Å². The van der Waals surface area contributed by atoms with Crippen LogP contribution in [0.5, 0.6) is 0 Å². The first-order valence-corrected chi connectivity index (χ1v) is 5.58. The Morgan fingerprint density at radius 2 is 2.12 bits per heavy atom. The van der Waals surface area contributed by atoms with E-state index in [4.69, 9.17) is 0 Å². The molecule has 0 amide bonds. The van der Waals surface area contributed by atoms with Crippen molar-refractivity contribution in [3.8, 4) is 0 Å². The van der Waals surface area contributed by atoms with Crippen LogP contribution in [0.1, 0.15) is 20.3 Å². The molecule has 0 radical (unpaired) electrons. The molecule has 86 valence electrons. The molecular formula is C13H18N2O. The molecule has 0 spiro atoms. The summed E-state index contributed by atoms with van der Waals surface area (Å²) in [4.78, 5) is 3.16. The molecule has 1 aromatic carbocycles. The molecule has 3 nitrogen and oxygen atoms in total. The van der Waals surface area contributed by atoms with Crippen LogP contribution in [0.4, 0.5) is 5.69 Å². The zero-order chi connectivity index (χ0) is 11.6. The lowest BCUT2D eigenvalue weighted by Crippen LogP contribution is -2.22. The minimum atomic E-state index is -0.606. The summed E-state index contributed by atoms with van der Waals surface area (Å²) in [6.45, 7) is 4.42. The summed E-state index contributed by atoms with van der Waals surface area (Å²) in [5, 5.41) is 14.1. The van der Waals surface area contributed by atoms with Crippen LogP contribution in [0.25, 0.3) is 10.9 Å². The van der Waals surface area contributed by atoms with Crippen molar-refractivity contribution < 1.29 is 5.11 Å². The van der Waals surface area contributed by atoms with Crippen LogP contribution in [-0.4, -0.2) is 22.2 Å². The number of benzene rings is 1. The van der Waals surface area contributed by atoms with E-state index in [1.807, 2.05) is 26.1 Å². The first kappa shape index (κ1) is 11.0. The highest BCUT2D eigenvalue weighted by Gasteiger charge is 2.11. The zero-order valence-corrected chi connectivity index (χ0v) is 9.75. The third-order valence-electron chi connectivity index (χ3n) is 2.62. The molecular weight excluding hydrogens is 200 g/mol. The van der Waals surface area contributed by atoms with Gasteiger partial charge in [-0.25, -0.2) is 0 Å². The Kier molecular flexibility index (Phi) is 2.88. The van der Waals surface area contributed by atoms with Gasteiger partial charge in [0, 0.05) is 29.3 Å². The number of aliphatic hydroxyl groups is 1. The van der Waals surface area contributed by atoms with Gasteiger partial charge in [-0.05, 0) is 44.5 Å². The molecule has 3 heteroatoms. The topological polar surface area (TPSA) is 48.0 Å². The summed E-state index contributed by atoms with van der Waals surface area (Å²) in [5.41, 5.74) is 1.63. The normalized spacial score (nSPS) is 11.9. The number of rotatable bonds is 4. The van der Waals surface area contributed by atoms with Gasteiger partial charge in [0.05, 0.1) is 5.60 Å². The van der Waals surface area contributed by atoms with Gasteiger partial charge in [0.25, 0.3) is 0 Å². The Labute approximate surface area is 95.5 Å². The number of anilines is 1. The molecule has 0 aliphatic heterocycles. The minimum absolute atomic E-state index is 0.606. The second kappa shape index (κ2) is 4.18. The third-order valence-corrected chi connectivity index (χ3v) is 2.62. The maximum atomic E-state index is 9.59. The highest BCUT2D eigenvalue weighted by molar-refractivity contribution is 5.82. The van der Waals surface area contributed by atoms with Crippen molar-refractivity contribution in [3.05, 3.63) is 30.5 Å². The number of aromatic nitrogens is 1. The Balaban J connectivity index is 1.99. The molecule has 2 aromatic rings. The molecule has 0 saturated carbocycles. The highest BCUT2D eigenvalue weighted by atomic mass is 16.3. The van der Waals surface area contributed by atoms with Crippen molar-refractivity contribution >= 4 is 16.6 Å². The predicted octanol–water partition coefficient (Wildman–Crippen LogP) is 2.74. The van der Waals surface area contributed by atoms with E-state index in [1.165, 1.54) is 5.39 Å². The first-order valence-electron chi connectivity index (χ1n) is 5.58. The molecule has 0 aliphatic rings. The van der Waals surface area contributed by atoms with Crippen LogP contribution in [-0.2, 0) is 0 Å². The second-order valence-electron chi connectivity index (χ2n) is 4.77. The molecule has 0 unspecified atom stereocenters. The summed E-state index contributed by atoms with van der Waals surface area (Å²) in [6.07, 6.45) is 2.67. The number of aromatic amines is 1. The van der Waals surface area contributed by atoms with E-state index in [9.17, 15) is 5.11 Å². The predicted molar refractivity (Wildman–Crippen MR) is 67.7 cm³/mol. The molecule has 1 aromatic heterocycles. The Morgan fingerprint density at radius 3 is 2.88 bits per heavy atom. The fourth-order valence-corrected chi connectivity index (χ4v) is 1.68. The Morgan fingerprint density at radius 1 is 1.31 bits per heavy atom. The Bertz CT molecular complexity index is 468.